The third-order valence-corrected chi connectivity index (χ3v) is 5.26. The van der Waals surface area contributed by atoms with Crippen molar-refractivity contribution in [2.75, 3.05) is 6.26 Å². The van der Waals surface area contributed by atoms with E-state index in [4.69, 9.17) is 4.74 Å². The number of carbonyl (C=O) groups is 1. The number of benzene rings is 2. The minimum atomic E-state index is -3.21. The first kappa shape index (κ1) is 15.7. The number of ketones is 1. The molecule has 1 fully saturated rings. The van der Waals surface area contributed by atoms with Crippen molar-refractivity contribution in [1.29, 1.82) is 0 Å². The maximum Gasteiger partial charge on any atom is 0.175 e. The van der Waals surface area contributed by atoms with Crippen LogP contribution in [0.25, 0.3) is 0 Å². The van der Waals surface area contributed by atoms with E-state index in [-0.39, 0.29) is 16.6 Å². The molecule has 0 spiro atoms. The molecule has 3 rings (SSSR count). The van der Waals surface area contributed by atoms with Crippen LogP contribution in [0.5, 0.6) is 5.75 Å². The number of rotatable bonds is 4. The molecule has 2 atom stereocenters. The fraction of sp³-hybridized carbons (Fsp3) is 0.278. The van der Waals surface area contributed by atoms with Gasteiger partial charge >= 0.3 is 0 Å². The highest BCUT2D eigenvalue weighted by Crippen LogP contribution is 2.35. The molecular formula is C18H18O4S. The molecule has 1 saturated carbocycles. The van der Waals surface area contributed by atoms with Crippen LogP contribution in [0.2, 0.25) is 0 Å². The van der Waals surface area contributed by atoms with Crippen molar-refractivity contribution in [2.45, 2.75) is 29.8 Å². The Balaban J connectivity index is 1.84. The van der Waals surface area contributed by atoms with Gasteiger partial charge in [-0.15, -0.1) is 0 Å². The van der Waals surface area contributed by atoms with Gasteiger partial charge in [0.15, 0.2) is 21.7 Å². The van der Waals surface area contributed by atoms with Crippen LogP contribution < -0.4 is 4.74 Å². The second-order valence-electron chi connectivity index (χ2n) is 5.80. The largest absolute Gasteiger partial charge is 0.482 e. The second kappa shape index (κ2) is 6.16. The van der Waals surface area contributed by atoms with E-state index < -0.39 is 15.9 Å². The highest BCUT2D eigenvalue weighted by Gasteiger charge is 2.37. The molecule has 2 aromatic rings. The van der Waals surface area contributed by atoms with Crippen LogP contribution in [0, 0.1) is 0 Å². The molecule has 23 heavy (non-hydrogen) atoms. The first-order valence-electron chi connectivity index (χ1n) is 7.49. The van der Waals surface area contributed by atoms with Crippen LogP contribution in [0.4, 0.5) is 0 Å². The molecule has 2 unspecified atom stereocenters. The predicted molar refractivity (Wildman–Crippen MR) is 87.4 cm³/mol. The molecule has 0 aromatic heterocycles. The number of carbonyl (C=O) groups excluding carboxylic acids is 1. The lowest BCUT2D eigenvalue weighted by Gasteiger charge is -2.20. The number of sulfone groups is 1. The maximum atomic E-state index is 12.2. The molecule has 0 radical (unpaired) electrons. The van der Waals surface area contributed by atoms with Crippen LogP contribution in [0.3, 0.4) is 0 Å². The van der Waals surface area contributed by atoms with Crippen LogP contribution in [0.15, 0.2) is 59.5 Å². The normalized spacial score (nSPS) is 21.3. The Bertz CT molecular complexity index is 795. The van der Waals surface area contributed by atoms with Gasteiger partial charge in [0.2, 0.25) is 0 Å². The van der Waals surface area contributed by atoms with Gasteiger partial charge in [0.25, 0.3) is 0 Å². The number of hydrogen-bond donors (Lipinski definition) is 0. The van der Waals surface area contributed by atoms with Gasteiger partial charge in [-0.3, -0.25) is 4.79 Å². The third-order valence-electron chi connectivity index (χ3n) is 4.13. The van der Waals surface area contributed by atoms with Gasteiger partial charge in [-0.2, -0.15) is 0 Å². The van der Waals surface area contributed by atoms with Crippen molar-refractivity contribution in [2.24, 2.45) is 0 Å². The van der Waals surface area contributed by atoms with Gasteiger partial charge in [0.1, 0.15) is 5.75 Å². The van der Waals surface area contributed by atoms with E-state index in [2.05, 4.69) is 0 Å². The quantitative estimate of drug-likeness (QED) is 0.865. The molecule has 1 aliphatic carbocycles. The van der Waals surface area contributed by atoms with E-state index in [0.717, 1.165) is 5.56 Å². The molecule has 1 aliphatic rings. The standard InChI is InChI=1S/C18H18O4S/c1-23(20,21)15-9-7-13(8-10-15)16-11-12-17(19)18(16)22-14-5-3-2-4-6-14/h2-10,16,18H,11-12H2,1H3. The topological polar surface area (TPSA) is 60.4 Å². The molecule has 0 saturated heterocycles. The molecular weight excluding hydrogens is 312 g/mol. The number of ether oxygens (including phenoxy) is 1. The van der Waals surface area contributed by atoms with Crippen LogP contribution in [-0.4, -0.2) is 26.6 Å². The summed E-state index contributed by atoms with van der Waals surface area (Å²) in [4.78, 5) is 12.5. The molecule has 0 bridgehead atoms. The summed E-state index contributed by atoms with van der Waals surface area (Å²) in [5, 5.41) is 0. The average Bonchev–Trinajstić information content (AvgIpc) is 2.89. The Morgan fingerprint density at radius 3 is 2.26 bits per heavy atom. The summed E-state index contributed by atoms with van der Waals surface area (Å²) in [7, 11) is -3.21. The Labute approximate surface area is 136 Å². The molecule has 4 nitrogen and oxygen atoms in total. The lowest BCUT2D eigenvalue weighted by atomic mass is 9.95. The SMILES string of the molecule is CS(=O)(=O)c1ccc(C2CCC(=O)C2Oc2ccccc2)cc1. The highest BCUT2D eigenvalue weighted by molar-refractivity contribution is 7.90. The molecule has 0 N–H and O–H groups in total. The van der Waals surface area contributed by atoms with Crippen molar-refractivity contribution >= 4 is 15.6 Å². The van der Waals surface area contributed by atoms with Crippen molar-refractivity contribution in [3.63, 3.8) is 0 Å². The average molecular weight is 330 g/mol. The van der Waals surface area contributed by atoms with E-state index in [1.807, 2.05) is 30.3 Å². The van der Waals surface area contributed by atoms with Crippen LogP contribution >= 0.6 is 0 Å². The fourth-order valence-corrected chi connectivity index (χ4v) is 3.54. The van der Waals surface area contributed by atoms with Crippen molar-refractivity contribution in [3.8, 4) is 5.75 Å². The summed E-state index contributed by atoms with van der Waals surface area (Å²) in [6, 6.07) is 16.0. The first-order chi connectivity index (χ1) is 10.9. The lowest BCUT2D eigenvalue weighted by Crippen LogP contribution is -2.27. The summed E-state index contributed by atoms with van der Waals surface area (Å²) < 4.78 is 29.0. The smallest absolute Gasteiger partial charge is 0.175 e. The van der Waals surface area contributed by atoms with Crippen molar-refractivity contribution in [1.82, 2.24) is 0 Å². The van der Waals surface area contributed by atoms with E-state index in [1.165, 1.54) is 6.26 Å². The predicted octanol–water partition coefficient (Wildman–Crippen LogP) is 2.98. The Hall–Kier alpha value is -2.14. The maximum absolute atomic E-state index is 12.2. The second-order valence-corrected chi connectivity index (χ2v) is 7.82. The summed E-state index contributed by atoms with van der Waals surface area (Å²) in [6.45, 7) is 0. The van der Waals surface area contributed by atoms with Gasteiger partial charge < -0.3 is 4.74 Å². The van der Waals surface area contributed by atoms with Gasteiger partial charge in [-0.25, -0.2) is 8.42 Å². The molecule has 120 valence electrons. The van der Waals surface area contributed by atoms with Crippen molar-refractivity contribution in [3.05, 3.63) is 60.2 Å². The Morgan fingerprint density at radius 2 is 1.65 bits per heavy atom. The van der Waals surface area contributed by atoms with Crippen LogP contribution in [-0.2, 0) is 14.6 Å². The van der Waals surface area contributed by atoms with Gasteiger partial charge in [0.05, 0.1) is 4.90 Å². The lowest BCUT2D eigenvalue weighted by molar-refractivity contribution is -0.123. The minimum Gasteiger partial charge on any atom is -0.482 e. The minimum absolute atomic E-state index is 0.0451. The van der Waals surface area contributed by atoms with E-state index >= 15 is 0 Å². The Kier molecular flexibility index (Phi) is 4.22. The summed E-state index contributed by atoms with van der Waals surface area (Å²) in [6.07, 6.45) is 1.87. The van der Waals surface area contributed by atoms with Gasteiger partial charge in [0, 0.05) is 18.6 Å². The molecule has 0 aliphatic heterocycles. The van der Waals surface area contributed by atoms with E-state index in [1.54, 1.807) is 24.3 Å². The summed E-state index contributed by atoms with van der Waals surface area (Å²) in [5.41, 5.74) is 0.934. The summed E-state index contributed by atoms with van der Waals surface area (Å²) >= 11 is 0. The van der Waals surface area contributed by atoms with Crippen molar-refractivity contribution < 1.29 is 17.9 Å². The third kappa shape index (κ3) is 3.45. The molecule has 0 amide bonds. The van der Waals surface area contributed by atoms with Crippen LogP contribution in [0.1, 0.15) is 24.3 Å². The zero-order valence-electron chi connectivity index (χ0n) is 12.8. The Morgan fingerprint density at radius 1 is 1.00 bits per heavy atom. The monoisotopic (exact) mass is 330 g/mol. The molecule has 0 heterocycles. The van der Waals surface area contributed by atoms with E-state index in [9.17, 15) is 13.2 Å². The van der Waals surface area contributed by atoms with Gasteiger partial charge in [-0.05, 0) is 36.2 Å². The number of hydrogen-bond acceptors (Lipinski definition) is 4. The van der Waals surface area contributed by atoms with Gasteiger partial charge in [-0.1, -0.05) is 30.3 Å². The molecule has 2 aromatic carbocycles. The highest BCUT2D eigenvalue weighted by atomic mass is 32.2. The number of Topliss-reactive ketones (excluding diaryl/α,β-unsaturated/α-hetero) is 1. The summed E-state index contributed by atoms with van der Waals surface area (Å²) in [5.74, 6) is 0.716. The zero-order chi connectivity index (χ0) is 16.4. The number of para-hydroxylation sites is 1. The fourth-order valence-electron chi connectivity index (χ4n) is 2.91. The first-order valence-corrected chi connectivity index (χ1v) is 9.39. The zero-order valence-corrected chi connectivity index (χ0v) is 13.6. The molecule has 5 heteroatoms. The van der Waals surface area contributed by atoms with E-state index in [0.29, 0.717) is 18.6 Å².